The number of anilines is 1. The zero-order valence-electron chi connectivity index (χ0n) is 11.4. The van der Waals surface area contributed by atoms with Gasteiger partial charge in [0.1, 0.15) is 17.0 Å². The fourth-order valence-corrected chi connectivity index (χ4v) is 3.39. The lowest BCUT2D eigenvalue weighted by Gasteiger charge is -2.03. The Labute approximate surface area is 129 Å². The van der Waals surface area contributed by atoms with Gasteiger partial charge in [-0.15, -0.1) is 11.3 Å². The number of benzene rings is 1. The molecule has 0 atom stereocenters. The molecule has 2 aromatic heterocycles. The van der Waals surface area contributed by atoms with Crippen LogP contribution in [0.15, 0.2) is 29.6 Å². The van der Waals surface area contributed by atoms with Crippen LogP contribution in [0.1, 0.15) is 9.67 Å². The van der Waals surface area contributed by atoms with Crippen LogP contribution in [0.5, 0.6) is 11.5 Å². The highest BCUT2D eigenvalue weighted by molar-refractivity contribution is 7.22. The molecule has 108 valence electrons. The number of amides is 1. The predicted octanol–water partition coefficient (Wildman–Crippen LogP) is 3.63. The Hall–Kier alpha value is -2.12. The molecule has 1 amide bonds. The first kappa shape index (κ1) is 13.8. The first-order valence-corrected chi connectivity index (χ1v) is 7.78. The normalized spacial score (nSPS) is 10.6. The minimum atomic E-state index is -0.157. The third-order valence-electron chi connectivity index (χ3n) is 2.85. The van der Waals surface area contributed by atoms with E-state index in [-0.39, 0.29) is 5.91 Å². The van der Waals surface area contributed by atoms with Crippen LogP contribution >= 0.6 is 22.7 Å². The van der Waals surface area contributed by atoms with Crippen molar-refractivity contribution in [2.75, 3.05) is 19.5 Å². The van der Waals surface area contributed by atoms with E-state index in [1.165, 1.54) is 22.7 Å². The monoisotopic (exact) mass is 320 g/mol. The van der Waals surface area contributed by atoms with Crippen molar-refractivity contribution in [2.45, 2.75) is 0 Å². The van der Waals surface area contributed by atoms with Crippen molar-refractivity contribution in [1.82, 2.24) is 4.98 Å². The Bertz CT molecular complexity index is 781. The van der Waals surface area contributed by atoms with Gasteiger partial charge in [-0.3, -0.25) is 10.1 Å². The van der Waals surface area contributed by atoms with Crippen LogP contribution in [0.3, 0.4) is 0 Å². The highest BCUT2D eigenvalue weighted by Crippen LogP contribution is 2.36. The van der Waals surface area contributed by atoms with E-state index >= 15 is 0 Å². The fraction of sp³-hybridized carbons (Fsp3) is 0.143. The molecule has 0 saturated carbocycles. The minimum Gasteiger partial charge on any atom is -0.497 e. The summed E-state index contributed by atoms with van der Waals surface area (Å²) in [7, 11) is 3.18. The zero-order chi connectivity index (χ0) is 14.8. The van der Waals surface area contributed by atoms with Crippen molar-refractivity contribution in [3.8, 4) is 11.5 Å². The second-order valence-corrected chi connectivity index (χ2v) is 6.11. The maximum atomic E-state index is 12.0. The van der Waals surface area contributed by atoms with E-state index in [0.717, 1.165) is 4.70 Å². The number of thiazole rings is 1. The summed E-state index contributed by atoms with van der Waals surface area (Å²) in [6, 6.07) is 7.26. The number of carbonyl (C=O) groups excluding carboxylic acids is 1. The van der Waals surface area contributed by atoms with Gasteiger partial charge in [0, 0.05) is 6.07 Å². The van der Waals surface area contributed by atoms with E-state index < -0.39 is 0 Å². The summed E-state index contributed by atoms with van der Waals surface area (Å²) in [5, 5.41) is 5.20. The Balaban J connectivity index is 1.95. The number of rotatable bonds is 4. The summed E-state index contributed by atoms with van der Waals surface area (Å²) >= 11 is 2.77. The molecule has 21 heavy (non-hydrogen) atoms. The maximum absolute atomic E-state index is 12.0. The second-order valence-electron chi connectivity index (χ2n) is 4.13. The molecule has 2 heterocycles. The van der Waals surface area contributed by atoms with Crippen LogP contribution in [0, 0.1) is 0 Å². The highest BCUT2D eigenvalue weighted by atomic mass is 32.1. The SMILES string of the molecule is COc1cc(OC)c2nc(NC(=O)c3cccs3)sc2c1. The molecular formula is C14H12N2O3S2. The second kappa shape index (κ2) is 5.71. The van der Waals surface area contributed by atoms with E-state index in [1.54, 1.807) is 26.4 Å². The summed E-state index contributed by atoms with van der Waals surface area (Å²) in [6.45, 7) is 0. The van der Waals surface area contributed by atoms with E-state index in [1.807, 2.05) is 17.5 Å². The fourth-order valence-electron chi connectivity index (χ4n) is 1.87. The molecule has 0 unspecified atom stereocenters. The molecule has 1 N–H and O–H groups in total. The van der Waals surface area contributed by atoms with Crippen LogP contribution in [0.2, 0.25) is 0 Å². The number of hydrogen-bond donors (Lipinski definition) is 1. The van der Waals surface area contributed by atoms with Crippen molar-refractivity contribution in [1.29, 1.82) is 0 Å². The molecule has 1 aromatic carbocycles. The lowest BCUT2D eigenvalue weighted by atomic mass is 10.3. The van der Waals surface area contributed by atoms with Crippen molar-refractivity contribution in [2.24, 2.45) is 0 Å². The number of methoxy groups -OCH3 is 2. The number of hydrogen-bond acceptors (Lipinski definition) is 6. The van der Waals surface area contributed by atoms with Crippen LogP contribution in [-0.2, 0) is 0 Å². The van der Waals surface area contributed by atoms with Gasteiger partial charge in [0.2, 0.25) is 0 Å². The van der Waals surface area contributed by atoms with Gasteiger partial charge in [-0.25, -0.2) is 4.98 Å². The number of carbonyl (C=O) groups is 1. The first-order chi connectivity index (χ1) is 10.2. The van der Waals surface area contributed by atoms with Gasteiger partial charge in [0.15, 0.2) is 5.13 Å². The third-order valence-corrected chi connectivity index (χ3v) is 4.64. The van der Waals surface area contributed by atoms with E-state index in [9.17, 15) is 4.79 Å². The van der Waals surface area contributed by atoms with Gasteiger partial charge < -0.3 is 9.47 Å². The van der Waals surface area contributed by atoms with Crippen LogP contribution in [-0.4, -0.2) is 25.1 Å². The topological polar surface area (TPSA) is 60.5 Å². The molecule has 7 heteroatoms. The van der Waals surface area contributed by atoms with Gasteiger partial charge in [0.25, 0.3) is 5.91 Å². The Morgan fingerprint density at radius 2 is 2.14 bits per heavy atom. The number of nitrogens with one attached hydrogen (secondary N) is 1. The van der Waals surface area contributed by atoms with Crippen LogP contribution < -0.4 is 14.8 Å². The number of ether oxygens (including phenoxy) is 2. The number of thiophene rings is 1. The van der Waals surface area contributed by atoms with Gasteiger partial charge in [-0.2, -0.15) is 0 Å². The van der Waals surface area contributed by atoms with E-state index in [4.69, 9.17) is 9.47 Å². The highest BCUT2D eigenvalue weighted by Gasteiger charge is 2.14. The molecule has 0 fully saturated rings. The van der Waals surface area contributed by atoms with Crippen LogP contribution in [0.4, 0.5) is 5.13 Å². The molecule has 0 aliphatic heterocycles. The minimum absolute atomic E-state index is 0.157. The molecular weight excluding hydrogens is 308 g/mol. The van der Waals surface area contributed by atoms with Crippen LogP contribution in [0.25, 0.3) is 10.2 Å². The van der Waals surface area contributed by atoms with Gasteiger partial charge in [0.05, 0.1) is 23.8 Å². The summed E-state index contributed by atoms with van der Waals surface area (Å²) < 4.78 is 11.4. The molecule has 0 bridgehead atoms. The number of nitrogens with zero attached hydrogens (tertiary/aromatic N) is 1. The molecule has 0 aliphatic rings. The van der Waals surface area contributed by atoms with Crippen molar-refractivity contribution in [3.63, 3.8) is 0 Å². The van der Waals surface area contributed by atoms with E-state index in [0.29, 0.717) is 27.0 Å². The average molecular weight is 320 g/mol. The third kappa shape index (κ3) is 2.70. The molecule has 0 spiro atoms. The van der Waals surface area contributed by atoms with Gasteiger partial charge in [-0.05, 0) is 17.5 Å². The molecule has 3 aromatic rings. The Morgan fingerprint density at radius 3 is 2.81 bits per heavy atom. The maximum Gasteiger partial charge on any atom is 0.267 e. The Kier molecular flexibility index (Phi) is 3.76. The zero-order valence-corrected chi connectivity index (χ0v) is 13.0. The van der Waals surface area contributed by atoms with Crippen molar-refractivity contribution < 1.29 is 14.3 Å². The molecule has 3 rings (SSSR count). The summed E-state index contributed by atoms with van der Waals surface area (Å²) in [4.78, 5) is 17.1. The number of fused-ring (bicyclic) bond motifs is 1. The van der Waals surface area contributed by atoms with Gasteiger partial charge >= 0.3 is 0 Å². The molecule has 0 aliphatic carbocycles. The van der Waals surface area contributed by atoms with E-state index in [2.05, 4.69) is 10.3 Å². The van der Waals surface area contributed by atoms with Gasteiger partial charge in [-0.1, -0.05) is 17.4 Å². The first-order valence-electron chi connectivity index (χ1n) is 6.08. The number of aromatic nitrogens is 1. The molecule has 5 nitrogen and oxygen atoms in total. The van der Waals surface area contributed by atoms with Crippen molar-refractivity contribution >= 4 is 43.9 Å². The lowest BCUT2D eigenvalue weighted by molar-refractivity contribution is 0.103. The van der Waals surface area contributed by atoms with Crippen molar-refractivity contribution in [3.05, 3.63) is 34.5 Å². The quantitative estimate of drug-likeness (QED) is 0.797. The summed E-state index contributed by atoms with van der Waals surface area (Å²) in [5.41, 5.74) is 0.713. The molecule has 0 radical (unpaired) electrons. The standard InChI is InChI=1S/C14H12N2O3S2/c1-18-8-6-9(19-2)12-11(7-8)21-14(15-12)16-13(17)10-4-3-5-20-10/h3-7H,1-2H3,(H,15,16,17). The smallest absolute Gasteiger partial charge is 0.267 e. The largest absolute Gasteiger partial charge is 0.497 e. The summed E-state index contributed by atoms with van der Waals surface area (Å²) in [5.74, 6) is 1.16. The Morgan fingerprint density at radius 1 is 1.29 bits per heavy atom. The average Bonchev–Trinajstić information content (AvgIpc) is 3.14. The summed E-state index contributed by atoms with van der Waals surface area (Å²) in [6.07, 6.45) is 0. The lowest BCUT2D eigenvalue weighted by Crippen LogP contribution is -2.09. The molecule has 0 saturated heterocycles. The predicted molar refractivity (Wildman–Crippen MR) is 85.0 cm³/mol.